The van der Waals surface area contributed by atoms with Crippen LogP contribution in [0.1, 0.15) is 34.3 Å². The first kappa shape index (κ1) is 17.6. The third kappa shape index (κ3) is 4.43. The standard InChI is InChI=1S/C18H19FN2O3S/c1-12-5-6-13(9-17(12)19)11-20-18(22)14-3-2-4-16(10-14)25(23,24)21-15-7-8-15/h2-6,9-10,15,21H,7-8,11H2,1H3,(H,20,22). The largest absolute Gasteiger partial charge is 0.348 e. The second kappa shape index (κ2) is 6.93. The number of aryl methyl sites for hydroxylation is 1. The summed E-state index contributed by atoms with van der Waals surface area (Å²) in [5.41, 5.74) is 1.41. The van der Waals surface area contributed by atoms with E-state index in [0.717, 1.165) is 12.8 Å². The summed E-state index contributed by atoms with van der Waals surface area (Å²) in [4.78, 5) is 12.3. The lowest BCUT2D eigenvalue weighted by molar-refractivity contribution is 0.0950. The van der Waals surface area contributed by atoms with Crippen molar-refractivity contribution in [3.05, 3.63) is 65.0 Å². The minimum absolute atomic E-state index is 0.00100. The Morgan fingerprint density at radius 1 is 1.20 bits per heavy atom. The van der Waals surface area contributed by atoms with Crippen molar-refractivity contribution in [3.8, 4) is 0 Å². The van der Waals surface area contributed by atoms with E-state index in [9.17, 15) is 17.6 Å². The van der Waals surface area contributed by atoms with Crippen LogP contribution in [0.4, 0.5) is 4.39 Å². The average Bonchev–Trinajstić information content (AvgIpc) is 3.39. The Hall–Kier alpha value is -2.25. The highest BCUT2D eigenvalue weighted by molar-refractivity contribution is 7.89. The SMILES string of the molecule is Cc1ccc(CNC(=O)c2cccc(S(=O)(=O)NC3CC3)c2)cc1F. The minimum atomic E-state index is -3.61. The Labute approximate surface area is 146 Å². The Morgan fingerprint density at radius 3 is 2.64 bits per heavy atom. The number of sulfonamides is 1. The number of nitrogens with one attached hydrogen (secondary N) is 2. The van der Waals surface area contributed by atoms with Crippen LogP contribution in [0.5, 0.6) is 0 Å². The fourth-order valence-electron chi connectivity index (χ4n) is 2.32. The molecular formula is C18H19FN2O3S. The van der Waals surface area contributed by atoms with Crippen molar-refractivity contribution in [2.45, 2.75) is 37.2 Å². The second-order valence-corrected chi connectivity index (χ2v) is 7.90. The van der Waals surface area contributed by atoms with Crippen LogP contribution in [0.3, 0.4) is 0 Å². The third-order valence-electron chi connectivity index (χ3n) is 4.00. The normalized spacial score (nSPS) is 14.3. The van der Waals surface area contributed by atoms with Crippen molar-refractivity contribution >= 4 is 15.9 Å². The van der Waals surface area contributed by atoms with Gasteiger partial charge in [0.05, 0.1) is 4.90 Å². The monoisotopic (exact) mass is 362 g/mol. The van der Waals surface area contributed by atoms with Crippen LogP contribution in [-0.4, -0.2) is 20.4 Å². The van der Waals surface area contributed by atoms with Gasteiger partial charge in [-0.3, -0.25) is 4.79 Å². The topological polar surface area (TPSA) is 75.3 Å². The molecule has 132 valence electrons. The average molecular weight is 362 g/mol. The summed E-state index contributed by atoms with van der Waals surface area (Å²) in [6.07, 6.45) is 1.68. The number of carbonyl (C=O) groups excluding carboxylic acids is 1. The summed E-state index contributed by atoms with van der Waals surface area (Å²) in [6, 6.07) is 10.6. The Morgan fingerprint density at radius 2 is 1.96 bits per heavy atom. The molecule has 2 aromatic rings. The van der Waals surface area contributed by atoms with Gasteiger partial charge in [-0.05, 0) is 55.2 Å². The van der Waals surface area contributed by atoms with Gasteiger partial charge in [-0.2, -0.15) is 0 Å². The summed E-state index contributed by atoms with van der Waals surface area (Å²) in [5.74, 6) is -0.740. The van der Waals surface area contributed by atoms with Crippen LogP contribution in [0.25, 0.3) is 0 Å². The quantitative estimate of drug-likeness (QED) is 0.829. The van der Waals surface area contributed by atoms with Crippen LogP contribution in [0.15, 0.2) is 47.4 Å². The number of rotatable bonds is 6. The predicted octanol–water partition coefficient (Wildman–Crippen LogP) is 2.50. The van der Waals surface area contributed by atoms with Crippen molar-refractivity contribution < 1.29 is 17.6 Å². The zero-order valence-corrected chi connectivity index (χ0v) is 14.6. The molecule has 7 heteroatoms. The zero-order chi connectivity index (χ0) is 18.0. The Balaban J connectivity index is 1.69. The summed E-state index contributed by atoms with van der Waals surface area (Å²) in [7, 11) is -3.61. The maximum atomic E-state index is 13.5. The molecule has 0 aromatic heterocycles. The van der Waals surface area contributed by atoms with Crippen molar-refractivity contribution in [2.24, 2.45) is 0 Å². The third-order valence-corrected chi connectivity index (χ3v) is 5.51. The highest BCUT2D eigenvalue weighted by Crippen LogP contribution is 2.22. The predicted molar refractivity (Wildman–Crippen MR) is 92.1 cm³/mol. The molecule has 5 nitrogen and oxygen atoms in total. The maximum Gasteiger partial charge on any atom is 0.251 e. The summed E-state index contributed by atoms with van der Waals surface area (Å²) < 4.78 is 40.6. The van der Waals surface area contributed by atoms with E-state index in [2.05, 4.69) is 10.0 Å². The first-order valence-corrected chi connectivity index (χ1v) is 9.49. The van der Waals surface area contributed by atoms with Gasteiger partial charge >= 0.3 is 0 Å². The highest BCUT2D eigenvalue weighted by Gasteiger charge is 2.28. The zero-order valence-electron chi connectivity index (χ0n) is 13.8. The lowest BCUT2D eigenvalue weighted by atomic mass is 10.1. The molecule has 3 rings (SSSR count). The molecule has 1 fully saturated rings. The van der Waals surface area contributed by atoms with Crippen LogP contribution in [-0.2, 0) is 16.6 Å². The first-order chi connectivity index (χ1) is 11.8. The molecule has 0 radical (unpaired) electrons. The molecule has 0 atom stereocenters. The molecule has 0 bridgehead atoms. The number of carbonyl (C=O) groups is 1. The van der Waals surface area contributed by atoms with Crippen LogP contribution in [0.2, 0.25) is 0 Å². The maximum absolute atomic E-state index is 13.5. The van der Waals surface area contributed by atoms with Gasteiger partial charge in [0.15, 0.2) is 0 Å². The summed E-state index contributed by atoms with van der Waals surface area (Å²) in [5, 5.41) is 2.67. The number of benzene rings is 2. The molecule has 1 aliphatic rings. The molecule has 0 heterocycles. The highest BCUT2D eigenvalue weighted by atomic mass is 32.2. The van der Waals surface area contributed by atoms with E-state index in [1.165, 1.54) is 24.3 Å². The van der Waals surface area contributed by atoms with E-state index in [4.69, 9.17) is 0 Å². The van der Waals surface area contributed by atoms with Gasteiger partial charge in [0.1, 0.15) is 5.82 Å². The number of halogens is 1. The van der Waals surface area contributed by atoms with Crippen molar-refractivity contribution in [1.82, 2.24) is 10.0 Å². The van der Waals surface area contributed by atoms with E-state index < -0.39 is 15.9 Å². The number of amides is 1. The van der Waals surface area contributed by atoms with Gasteiger partial charge in [-0.25, -0.2) is 17.5 Å². The van der Waals surface area contributed by atoms with Crippen LogP contribution >= 0.6 is 0 Å². The van der Waals surface area contributed by atoms with Gasteiger partial charge in [0.25, 0.3) is 5.91 Å². The molecule has 0 spiro atoms. The first-order valence-electron chi connectivity index (χ1n) is 8.01. The van der Waals surface area contributed by atoms with E-state index in [1.807, 2.05) is 0 Å². The lowest BCUT2D eigenvalue weighted by Crippen LogP contribution is -2.27. The molecule has 1 amide bonds. The van der Waals surface area contributed by atoms with Crippen molar-refractivity contribution in [1.29, 1.82) is 0 Å². The fraction of sp³-hybridized carbons (Fsp3) is 0.278. The molecule has 2 aromatic carbocycles. The Bertz CT molecular complexity index is 908. The molecule has 0 unspecified atom stereocenters. The number of hydrogen-bond acceptors (Lipinski definition) is 3. The Kier molecular flexibility index (Phi) is 4.87. The van der Waals surface area contributed by atoms with Gasteiger partial charge in [-0.1, -0.05) is 18.2 Å². The second-order valence-electron chi connectivity index (χ2n) is 6.19. The van der Waals surface area contributed by atoms with E-state index >= 15 is 0 Å². The van der Waals surface area contributed by atoms with Crippen molar-refractivity contribution in [2.75, 3.05) is 0 Å². The molecule has 2 N–H and O–H groups in total. The summed E-state index contributed by atoms with van der Waals surface area (Å²) >= 11 is 0. The minimum Gasteiger partial charge on any atom is -0.348 e. The van der Waals surface area contributed by atoms with Crippen LogP contribution < -0.4 is 10.0 Å². The molecule has 25 heavy (non-hydrogen) atoms. The molecule has 0 saturated heterocycles. The van der Waals surface area contributed by atoms with Crippen molar-refractivity contribution in [3.63, 3.8) is 0 Å². The molecule has 1 saturated carbocycles. The van der Waals surface area contributed by atoms with E-state index in [0.29, 0.717) is 11.1 Å². The smallest absolute Gasteiger partial charge is 0.251 e. The molecule has 0 aliphatic heterocycles. The summed E-state index contributed by atoms with van der Waals surface area (Å²) in [6.45, 7) is 1.83. The van der Waals surface area contributed by atoms with Gasteiger partial charge < -0.3 is 5.32 Å². The molecule has 1 aliphatic carbocycles. The molecular weight excluding hydrogens is 343 g/mol. The van der Waals surface area contributed by atoms with Gasteiger partial charge in [0.2, 0.25) is 10.0 Å². The van der Waals surface area contributed by atoms with E-state index in [1.54, 1.807) is 25.1 Å². The van der Waals surface area contributed by atoms with Gasteiger partial charge in [-0.15, -0.1) is 0 Å². The fourth-order valence-corrected chi connectivity index (χ4v) is 3.67. The van der Waals surface area contributed by atoms with Crippen LogP contribution in [0, 0.1) is 12.7 Å². The number of hydrogen-bond donors (Lipinski definition) is 2. The lowest BCUT2D eigenvalue weighted by Gasteiger charge is -2.09. The van der Waals surface area contributed by atoms with E-state index in [-0.39, 0.29) is 28.9 Å². The van der Waals surface area contributed by atoms with Gasteiger partial charge in [0, 0.05) is 18.2 Å².